The molecule has 3 aromatic heterocycles. The second kappa shape index (κ2) is 10.6. The van der Waals surface area contributed by atoms with Crippen molar-refractivity contribution in [3.63, 3.8) is 0 Å². The number of hydrogen-bond donors (Lipinski definition) is 1. The van der Waals surface area contributed by atoms with Crippen LogP contribution in [0.5, 0.6) is 0 Å². The van der Waals surface area contributed by atoms with E-state index < -0.39 is 38.4 Å². The van der Waals surface area contributed by atoms with Gasteiger partial charge in [-0.1, -0.05) is 6.07 Å². The van der Waals surface area contributed by atoms with Gasteiger partial charge in [-0.25, -0.2) is 13.4 Å². The standard InChI is InChI=1S/C25H23BF6N6O2S/c26-20-14-35-38-22(34-13-15-2-1-5-33-12-15)11-21(36-23(20)38)16-3-6-37(7-4-16)41(39,40)19-9-17(24(27,28)29)8-18(10-19)25(30,31)32/h1-2,5,8-12,14,16,34H,3-4,6-7,13,26H2. The minimum Gasteiger partial charge on any atom is -0.366 e. The summed E-state index contributed by atoms with van der Waals surface area (Å²) in [5.41, 5.74) is -0.326. The number of benzene rings is 1. The van der Waals surface area contributed by atoms with Crippen molar-refractivity contribution in [3.8, 4) is 0 Å². The Morgan fingerprint density at radius 3 is 2.22 bits per heavy atom. The first-order valence-corrected chi connectivity index (χ1v) is 13.9. The van der Waals surface area contributed by atoms with Gasteiger partial charge < -0.3 is 5.32 Å². The fourth-order valence-electron chi connectivity index (χ4n) is 4.74. The fraction of sp³-hybridized carbons (Fsp3) is 0.320. The Balaban J connectivity index is 1.38. The molecule has 0 radical (unpaired) electrons. The lowest BCUT2D eigenvalue weighted by Crippen LogP contribution is -2.38. The van der Waals surface area contributed by atoms with Crippen molar-refractivity contribution < 1.29 is 34.8 Å². The van der Waals surface area contributed by atoms with Gasteiger partial charge in [-0.15, -0.1) is 0 Å². The molecule has 0 atom stereocenters. The number of sulfonamides is 1. The molecule has 1 aromatic carbocycles. The van der Waals surface area contributed by atoms with E-state index in [1.165, 1.54) is 0 Å². The van der Waals surface area contributed by atoms with E-state index in [-0.39, 0.29) is 50.0 Å². The number of alkyl halides is 6. The van der Waals surface area contributed by atoms with Gasteiger partial charge in [-0.2, -0.15) is 40.3 Å². The van der Waals surface area contributed by atoms with Gasteiger partial charge in [0.25, 0.3) is 0 Å². The zero-order valence-corrected chi connectivity index (χ0v) is 22.4. The molecule has 41 heavy (non-hydrogen) atoms. The summed E-state index contributed by atoms with van der Waals surface area (Å²) in [6, 6.07) is 5.93. The topological polar surface area (TPSA) is 92.5 Å². The van der Waals surface area contributed by atoms with Crippen LogP contribution in [0, 0.1) is 0 Å². The normalized spacial score (nSPS) is 15.9. The van der Waals surface area contributed by atoms with Gasteiger partial charge in [0.1, 0.15) is 13.7 Å². The second-order valence-electron chi connectivity index (χ2n) is 9.76. The molecule has 4 heterocycles. The molecule has 0 saturated carbocycles. The maximum Gasteiger partial charge on any atom is 0.416 e. The molecule has 1 fully saturated rings. The number of fused-ring (bicyclic) bond motifs is 1. The smallest absolute Gasteiger partial charge is 0.366 e. The second-order valence-corrected chi connectivity index (χ2v) is 11.7. The van der Waals surface area contributed by atoms with Gasteiger partial charge in [0.05, 0.1) is 16.0 Å². The predicted octanol–water partition coefficient (Wildman–Crippen LogP) is 3.60. The summed E-state index contributed by atoms with van der Waals surface area (Å²) in [5, 5.41) is 7.69. The number of aromatic nitrogens is 4. The number of piperidine rings is 1. The quantitative estimate of drug-likeness (QED) is 0.270. The van der Waals surface area contributed by atoms with Gasteiger partial charge in [-0.3, -0.25) is 4.98 Å². The summed E-state index contributed by atoms with van der Waals surface area (Å²) in [7, 11) is -2.78. The number of halogens is 6. The molecule has 5 rings (SSSR count). The predicted molar refractivity (Wildman–Crippen MR) is 140 cm³/mol. The molecule has 1 N–H and O–H groups in total. The Morgan fingerprint density at radius 2 is 1.63 bits per heavy atom. The highest BCUT2D eigenvalue weighted by atomic mass is 32.2. The molecular formula is C25H23BF6N6O2S. The zero-order valence-electron chi connectivity index (χ0n) is 21.5. The minimum atomic E-state index is -5.16. The number of pyridine rings is 1. The SMILES string of the molecule is Bc1cnn2c(NCc3cccnc3)cc(C3CCN(S(=O)(=O)c4cc(C(F)(F)F)cc(C(F)(F)F)c4)CC3)nc12. The molecule has 0 aliphatic carbocycles. The number of nitrogens with zero attached hydrogens (tertiary/aromatic N) is 5. The average Bonchev–Trinajstić information content (AvgIpc) is 3.31. The first kappa shape index (κ1) is 28.9. The van der Waals surface area contributed by atoms with E-state index in [2.05, 4.69) is 15.4 Å². The Labute approximate surface area is 231 Å². The highest BCUT2D eigenvalue weighted by Crippen LogP contribution is 2.39. The highest BCUT2D eigenvalue weighted by molar-refractivity contribution is 7.89. The van der Waals surface area contributed by atoms with Crippen molar-refractivity contribution in [2.24, 2.45) is 0 Å². The van der Waals surface area contributed by atoms with Gasteiger partial charge in [0.15, 0.2) is 5.65 Å². The van der Waals surface area contributed by atoms with Crippen LogP contribution in [-0.4, -0.2) is 53.2 Å². The fourth-order valence-corrected chi connectivity index (χ4v) is 6.28. The van der Waals surface area contributed by atoms with Crippen LogP contribution in [0.4, 0.5) is 32.2 Å². The Morgan fingerprint density at radius 1 is 0.976 bits per heavy atom. The summed E-state index contributed by atoms with van der Waals surface area (Å²) in [6.45, 7) is 0.251. The van der Waals surface area contributed by atoms with Crippen LogP contribution >= 0.6 is 0 Å². The molecule has 8 nitrogen and oxygen atoms in total. The van der Waals surface area contributed by atoms with Crippen LogP contribution < -0.4 is 10.8 Å². The molecule has 0 bridgehead atoms. The summed E-state index contributed by atoms with van der Waals surface area (Å²) in [6.07, 6.45) is -4.72. The van der Waals surface area contributed by atoms with Crippen molar-refractivity contribution in [1.29, 1.82) is 0 Å². The zero-order chi connectivity index (χ0) is 29.6. The molecule has 216 valence electrons. The Bertz CT molecular complexity index is 1640. The van der Waals surface area contributed by atoms with Crippen LogP contribution in [0.3, 0.4) is 0 Å². The molecule has 0 amide bonds. The van der Waals surface area contributed by atoms with Crippen molar-refractivity contribution in [1.82, 2.24) is 23.9 Å². The van der Waals surface area contributed by atoms with Crippen LogP contribution in [0.25, 0.3) is 5.65 Å². The maximum atomic E-state index is 13.3. The summed E-state index contributed by atoms with van der Waals surface area (Å²) < 4.78 is 109. The van der Waals surface area contributed by atoms with E-state index >= 15 is 0 Å². The van der Waals surface area contributed by atoms with Crippen molar-refractivity contribution in [2.75, 3.05) is 18.4 Å². The molecule has 16 heteroatoms. The van der Waals surface area contributed by atoms with Crippen molar-refractivity contribution in [2.45, 2.75) is 42.6 Å². The Hall–Kier alpha value is -3.66. The third-order valence-corrected chi connectivity index (χ3v) is 8.81. The van der Waals surface area contributed by atoms with E-state index in [1.807, 2.05) is 26.0 Å². The number of nitrogens with one attached hydrogen (secondary N) is 1. The van der Waals surface area contributed by atoms with Crippen molar-refractivity contribution in [3.05, 3.63) is 77.4 Å². The van der Waals surface area contributed by atoms with Crippen LogP contribution in [0.1, 0.15) is 41.1 Å². The van der Waals surface area contributed by atoms with Gasteiger partial charge in [-0.05, 0) is 48.1 Å². The average molecular weight is 596 g/mol. The third-order valence-electron chi connectivity index (χ3n) is 6.94. The summed E-state index contributed by atoms with van der Waals surface area (Å²) >= 11 is 0. The highest BCUT2D eigenvalue weighted by Gasteiger charge is 2.40. The summed E-state index contributed by atoms with van der Waals surface area (Å²) in [5.74, 6) is 0.451. The van der Waals surface area contributed by atoms with Gasteiger partial charge in [0.2, 0.25) is 10.0 Å². The first-order valence-electron chi connectivity index (χ1n) is 12.5. The molecule has 0 unspecified atom stereocenters. The molecule has 4 aromatic rings. The van der Waals surface area contributed by atoms with E-state index in [1.54, 1.807) is 23.1 Å². The number of rotatable bonds is 6. The molecular weight excluding hydrogens is 573 g/mol. The van der Waals surface area contributed by atoms with E-state index in [9.17, 15) is 34.8 Å². The lowest BCUT2D eigenvalue weighted by Gasteiger charge is -2.31. The Kier molecular flexibility index (Phi) is 7.48. The minimum absolute atomic E-state index is 0.0918. The van der Waals surface area contributed by atoms with E-state index in [0.717, 1.165) is 15.3 Å². The maximum absolute atomic E-state index is 13.3. The number of hydrogen-bond acceptors (Lipinski definition) is 6. The van der Waals surface area contributed by atoms with E-state index in [0.29, 0.717) is 23.7 Å². The van der Waals surface area contributed by atoms with Gasteiger partial charge >= 0.3 is 12.4 Å². The lowest BCUT2D eigenvalue weighted by atomic mass is 9.94. The van der Waals surface area contributed by atoms with Crippen LogP contribution in [0.15, 0.2) is 59.9 Å². The van der Waals surface area contributed by atoms with Crippen LogP contribution in [0.2, 0.25) is 0 Å². The molecule has 1 aliphatic heterocycles. The monoisotopic (exact) mass is 596 g/mol. The third kappa shape index (κ3) is 6.03. The van der Waals surface area contributed by atoms with Gasteiger partial charge in [0, 0.05) is 55.9 Å². The number of anilines is 1. The van der Waals surface area contributed by atoms with Crippen molar-refractivity contribution >= 4 is 34.8 Å². The van der Waals surface area contributed by atoms with E-state index in [4.69, 9.17) is 4.98 Å². The first-order chi connectivity index (χ1) is 19.2. The lowest BCUT2D eigenvalue weighted by molar-refractivity contribution is -0.143. The largest absolute Gasteiger partial charge is 0.416 e. The van der Waals surface area contributed by atoms with Crippen LogP contribution in [-0.2, 0) is 28.9 Å². The molecule has 0 spiro atoms. The molecule has 1 saturated heterocycles. The summed E-state index contributed by atoms with van der Waals surface area (Å²) in [4.78, 5) is 7.78. The molecule has 1 aliphatic rings.